The molecule has 1 N–H and O–H groups in total. The average Bonchev–Trinajstić information content (AvgIpc) is 1.85. The van der Waals surface area contributed by atoms with E-state index in [2.05, 4.69) is 0 Å². The first kappa shape index (κ1) is 8.21. The molecular weight excluding hydrogens is 143 g/mol. The standard InChI is InChI=1S/C9H11FO/c1-6-4-3-5-8(10)9(6)7(2)11/h3-5,7,11H,1-2H3. The summed E-state index contributed by atoms with van der Waals surface area (Å²) < 4.78 is 12.9. The van der Waals surface area contributed by atoms with Crippen molar-refractivity contribution in [3.8, 4) is 0 Å². The van der Waals surface area contributed by atoms with Gasteiger partial charge in [0, 0.05) is 5.56 Å². The quantitative estimate of drug-likeness (QED) is 0.657. The first-order valence-corrected chi connectivity index (χ1v) is 3.56. The van der Waals surface area contributed by atoms with E-state index >= 15 is 0 Å². The van der Waals surface area contributed by atoms with E-state index in [0.29, 0.717) is 5.56 Å². The van der Waals surface area contributed by atoms with E-state index in [-0.39, 0.29) is 5.82 Å². The Bertz CT molecular complexity index is 235. The topological polar surface area (TPSA) is 20.2 Å². The fourth-order valence-electron chi connectivity index (χ4n) is 1.17. The normalized spacial score (nSPS) is 13.1. The third-order valence-electron chi connectivity index (χ3n) is 1.69. The van der Waals surface area contributed by atoms with Crippen molar-refractivity contribution >= 4 is 0 Å². The Hall–Kier alpha value is -0.890. The van der Waals surface area contributed by atoms with Gasteiger partial charge in [-0.25, -0.2) is 4.39 Å². The summed E-state index contributed by atoms with van der Waals surface area (Å²) in [7, 11) is 0. The van der Waals surface area contributed by atoms with E-state index in [1.165, 1.54) is 6.07 Å². The van der Waals surface area contributed by atoms with E-state index < -0.39 is 6.10 Å². The third-order valence-corrected chi connectivity index (χ3v) is 1.69. The van der Waals surface area contributed by atoms with Gasteiger partial charge in [0.2, 0.25) is 0 Å². The lowest BCUT2D eigenvalue weighted by Crippen LogP contribution is -1.98. The van der Waals surface area contributed by atoms with E-state index in [1.54, 1.807) is 26.0 Å². The highest BCUT2D eigenvalue weighted by Gasteiger charge is 2.09. The van der Waals surface area contributed by atoms with Crippen LogP contribution in [0.2, 0.25) is 0 Å². The number of benzene rings is 1. The van der Waals surface area contributed by atoms with Gasteiger partial charge in [0.05, 0.1) is 6.10 Å². The van der Waals surface area contributed by atoms with Gasteiger partial charge >= 0.3 is 0 Å². The fourth-order valence-corrected chi connectivity index (χ4v) is 1.17. The predicted octanol–water partition coefficient (Wildman–Crippen LogP) is 2.19. The van der Waals surface area contributed by atoms with Crippen molar-refractivity contribution in [2.75, 3.05) is 0 Å². The highest BCUT2D eigenvalue weighted by molar-refractivity contribution is 5.28. The molecule has 0 aliphatic heterocycles. The van der Waals surface area contributed by atoms with Gasteiger partial charge in [-0.05, 0) is 25.5 Å². The Morgan fingerprint density at radius 1 is 1.45 bits per heavy atom. The molecule has 0 spiro atoms. The first-order chi connectivity index (χ1) is 5.13. The maximum absolute atomic E-state index is 12.9. The zero-order valence-corrected chi connectivity index (χ0v) is 6.63. The number of hydrogen-bond donors (Lipinski definition) is 1. The molecule has 1 atom stereocenters. The van der Waals surface area contributed by atoms with Crippen LogP contribution in [0, 0.1) is 12.7 Å². The monoisotopic (exact) mass is 154 g/mol. The van der Waals surface area contributed by atoms with Crippen molar-refractivity contribution in [2.45, 2.75) is 20.0 Å². The second-order valence-corrected chi connectivity index (χ2v) is 2.65. The Kier molecular flexibility index (Phi) is 2.25. The Morgan fingerprint density at radius 2 is 2.09 bits per heavy atom. The Morgan fingerprint density at radius 3 is 2.45 bits per heavy atom. The molecule has 0 fully saturated rings. The fraction of sp³-hybridized carbons (Fsp3) is 0.333. The number of hydrogen-bond acceptors (Lipinski definition) is 1. The van der Waals surface area contributed by atoms with Gasteiger partial charge in [-0.15, -0.1) is 0 Å². The largest absolute Gasteiger partial charge is 0.389 e. The summed E-state index contributed by atoms with van der Waals surface area (Å²) in [6.07, 6.45) is -0.726. The maximum atomic E-state index is 12.9. The van der Waals surface area contributed by atoms with Gasteiger partial charge in [0.1, 0.15) is 5.82 Å². The van der Waals surface area contributed by atoms with Crippen LogP contribution in [0.5, 0.6) is 0 Å². The van der Waals surface area contributed by atoms with Crippen molar-refractivity contribution in [1.82, 2.24) is 0 Å². The molecule has 0 saturated heterocycles. The van der Waals surface area contributed by atoms with Crippen molar-refractivity contribution in [1.29, 1.82) is 0 Å². The molecule has 11 heavy (non-hydrogen) atoms. The van der Waals surface area contributed by atoms with Crippen LogP contribution in [0.25, 0.3) is 0 Å². The van der Waals surface area contributed by atoms with Crippen LogP contribution in [-0.4, -0.2) is 5.11 Å². The highest BCUT2D eigenvalue weighted by atomic mass is 19.1. The molecule has 2 heteroatoms. The summed E-state index contributed by atoms with van der Waals surface area (Å²) in [6, 6.07) is 4.77. The lowest BCUT2D eigenvalue weighted by atomic mass is 10.0. The first-order valence-electron chi connectivity index (χ1n) is 3.56. The molecule has 0 aliphatic rings. The van der Waals surface area contributed by atoms with Gasteiger partial charge in [-0.1, -0.05) is 12.1 Å². The summed E-state index contributed by atoms with van der Waals surface area (Å²) >= 11 is 0. The molecule has 0 aliphatic carbocycles. The zero-order chi connectivity index (χ0) is 8.43. The highest BCUT2D eigenvalue weighted by Crippen LogP contribution is 2.19. The SMILES string of the molecule is Cc1cccc(F)c1C(C)O. The molecule has 0 aromatic heterocycles. The number of aliphatic hydroxyl groups excluding tert-OH is 1. The van der Waals surface area contributed by atoms with Crippen LogP contribution in [0.1, 0.15) is 24.2 Å². The van der Waals surface area contributed by atoms with Gasteiger partial charge in [-0.3, -0.25) is 0 Å². The summed E-state index contributed by atoms with van der Waals surface area (Å²) in [5.74, 6) is -0.333. The van der Waals surface area contributed by atoms with Crippen molar-refractivity contribution in [3.63, 3.8) is 0 Å². The van der Waals surface area contributed by atoms with E-state index in [1.807, 2.05) is 0 Å². The second-order valence-electron chi connectivity index (χ2n) is 2.65. The van der Waals surface area contributed by atoms with E-state index in [9.17, 15) is 4.39 Å². The molecular formula is C9H11FO. The molecule has 0 heterocycles. The van der Waals surface area contributed by atoms with Crippen LogP contribution in [0.4, 0.5) is 4.39 Å². The maximum Gasteiger partial charge on any atom is 0.129 e. The molecule has 1 nitrogen and oxygen atoms in total. The molecule has 1 rings (SSSR count). The van der Waals surface area contributed by atoms with Crippen molar-refractivity contribution in [3.05, 3.63) is 35.1 Å². The number of rotatable bonds is 1. The second kappa shape index (κ2) is 3.01. The van der Waals surface area contributed by atoms with E-state index in [4.69, 9.17) is 5.11 Å². The summed E-state index contributed by atoms with van der Waals surface area (Å²) in [5.41, 5.74) is 1.19. The van der Waals surface area contributed by atoms with Gasteiger partial charge in [-0.2, -0.15) is 0 Å². The minimum Gasteiger partial charge on any atom is -0.389 e. The number of aliphatic hydroxyl groups is 1. The lowest BCUT2D eigenvalue weighted by molar-refractivity contribution is 0.193. The van der Waals surface area contributed by atoms with Crippen LogP contribution in [0.15, 0.2) is 18.2 Å². The van der Waals surface area contributed by atoms with Crippen molar-refractivity contribution in [2.24, 2.45) is 0 Å². The predicted molar refractivity (Wildman–Crippen MR) is 41.8 cm³/mol. The average molecular weight is 154 g/mol. The minimum atomic E-state index is -0.726. The lowest BCUT2D eigenvalue weighted by Gasteiger charge is -2.08. The number of halogens is 1. The summed E-state index contributed by atoms with van der Waals surface area (Å²) in [6.45, 7) is 3.34. The molecule has 1 aromatic carbocycles. The van der Waals surface area contributed by atoms with Crippen molar-refractivity contribution < 1.29 is 9.50 Å². The van der Waals surface area contributed by atoms with Crippen LogP contribution in [0.3, 0.4) is 0 Å². The van der Waals surface area contributed by atoms with E-state index in [0.717, 1.165) is 5.56 Å². The zero-order valence-electron chi connectivity index (χ0n) is 6.63. The molecule has 0 radical (unpaired) electrons. The smallest absolute Gasteiger partial charge is 0.129 e. The summed E-state index contributed by atoms with van der Waals surface area (Å²) in [4.78, 5) is 0. The molecule has 0 amide bonds. The molecule has 0 saturated carbocycles. The molecule has 1 unspecified atom stereocenters. The van der Waals surface area contributed by atoms with Gasteiger partial charge in [0.25, 0.3) is 0 Å². The minimum absolute atomic E-state index is 0.333. The molecule has 0 bridgehead atoms. The van der Waals surface area contributed by atoms with Crippen LogP contribution >= 0.6 is 0 Å². The Labute approximate surface area is 65.5 Å². The Balaban J connectivity index is 3.21. The van der Waals surface area contributed by atoms with Gasteiger partial charge in [0.15, 0.2) is 0 Å². The van der Waals surface area contributed by atoms with Crippen LogP contribution < -0.4 is 0 Å². The summed E-state index contributed by atoms with van der Waals surface area (Å²) in [5, 5.41) is 9.15. The molecule has 60 valence electrons. The van der Waals surface area contributed by atoms with Crippen LogP contribution in [-0.2, 0) is 0 Å². The van der Waals surface area contributed by atoms with Gasteiger partial charge < -0.3 is 5.11 Å². The molecule has 1 aromatic rings. The number of aryl methyl sites for hydroxylation is 1. The third kappa shape index (κ3) is 1.57.